The van der Waals surface area contributed by atoms with Gasteiger partial charge in [0.05, 0.1) is 25.9 Å². The SMILES string of the molecule is [2H]C([2H])(C)OCc1nc2c(N)nc3ccccc3c2n1CC(C)(C)O. The van der Waals surface area contributed by atoms with Crippen LogP contribution in [0.5, 0.6) is 0 Å². The number of nitrogens with zero attached hydrogens (tertiary/aromatic N) is 3. The van der Waals surface area contributed by atoms with Crippen molar-refractivity contribution in [3.63, 3.8) is 0 Å². The first-order chi connectivity index (χ1) is 11.6. The van der Waals surface area contributed by atoms with E-state index in [4.69, 9.17) is 13.2 Å². The molecule has 6 heteroatoms. The van der Waals surface area contributed by atoms with Crippen molar-refractivity contribution in [2.75, 3.05) is 12.3 Å². The lowest BCUT2D eigenvalue weighted by Crippen LogP contribution is -2.27. The van der Waals surface area contributed by atoms with Gasteiger partial charge in [-0.05, 0) is 26.8 Å². The van der Waals surface area contributed by atoms with Gasteiger partial charge in [-0.15, -0.1) is 0 Å². The van der Waals surface area contributed by atoms with Gasteiger partial charge < -0.3 is 20.1 Å². The van der Waals surface area contributed by atoms with Gasteiger partial charge in [0.2, 0.25) is 0 Å². The van der Waals surface area contributed by atoms with Gasteiger partial charge in [-0.25, -0.2) is 9.97 Å². The average Bonchev–Trinajstić information content (AvgIpc) is 2.82. The Balaban J connectivity index is 2.26. The molecule has 2 heterocycles. The summed E-state index contributed by atoms with van der Waals surface area (Å²) < 4.78 is 22.2. The molecule has 23 heavy (non-hydrogen) atoms. The Hall–Kier alpha value is -2.18. The van der Waals surface area contributed by atoms with E-state index in [0.717, 1.165) is 16.4 Å². The summed E-state index contributed by atoms with van der Waals surface area (Å²) >= 11 is 0. The maximum absolute atomic E-state index is 10.3. The number of pyridine rings is 1. The van der Waals surface area contributed by atoms with Gasteiger partial charge in [0.15, 0.2) is 5.82 Å². The molecule has 0 unspecified atom stereocenters. The highest BCUT2D eigenvalue weighted by molar-refractivity contribution is 6.06. The molecule has 3 N–H and O–H groups in total. The molecule has 1 aromatic carbocycles. The predicted octanol–water partition coefficient (Wildman–Crippen LogP) is 2.47. The van der Waals surface area contributed by atoms with Crippen LogP contribution in [-0.4, -0.2) is 31.8 Å². The zero-order chi connectivity index (χ0) is 18.4. The van der Waals surface area contributed by atoms with E-state index in [-0.39, 0.29) is 13.2 Å². The summed E-state index contributed by atoms with van der Waals surface area (Å²) in [5, 5.41) is 11.2. The van der Waals surface area contributed by atoms with Crippen molar-refractivity contribution < 1.29 is 12.6 Å². The summed E-state index contributed by atoms with van der Waals surface area (Å²) in [6.45, 7) is 3.18. The highest BCUT2D eigenvalue weighted by Gasteiger charge is 2.22. The molecule has 0 aliphatic heterocycles. The van der Waals surface area contributed by atoms with E-state index in [2.05, 4.69) is 9.97 Å². The highest BCUT2D eigenvalue weighted by Crippen LogP contribution is 2.30. The lowest BCUT2D eigenvalue weighted by molar-refractivity contribution is 0.0582. The minimum atomic E-state index is -1.79. The molecule has 122 valence electrons. The van der Waals surface area contributed by atoms with Crippen LogP contribution in [0.2, 0.25) is 0 Å². The molecule has 0 spiro atoms. The van der Waals surface area contributed by atoms with E-state index < -0.39 is 12.2 Å². The lowest BCUT2D eigenvalue weighted by Gasteiger charge is -2.20. The Morgan fingerprint density at radius 3 is 2.78 bits per heavy atom. The molecule has 6 nitrogen and oxygen atoms in total. The van der Waals surface area contributed by atoms with Gasteiger partial charge >= 0.3 is 0 Å². The number of rotatable bonds is 5. The number of hydrogen-bond acceptors (Lipinski definition) is 5. The molecule has 2 aromatic heterocycles. The van der Waals surface area contributed by atoms with Gasteiger partial charge in [-0.1, -0.05) is 18.2 Å². The van der Waals surface area contributed by atoms with Crippen molar-refractivity contribution in [3.05, 3.63) is 30.1 Å². The summed E-state index contributed by atoms with van der Waals surface area (Å²) in [7, 11) is 0. The van der Waals surface area contributed by atoms with E-state index in [1.807, 2.05) is 28.8 Å². The van der Waals surface area contributed by atoms with Crippen molar-refractivity contribution in [3.8, 4) is 0 Å². The van der Waals surface area contributed by atoms with Gasteiger partial charge in [0, 0.05) is 11.9 Å². The number of aliphatic hydroxyl groups is 1. The highest BCUT2D eigenvalue weighted by atomic mass is 16.5. The average molecular weight is 316 g/mol. The maximum atomic E-state index is 10.3. The molecule has 0 bridgehead atoms. The molecule has 3 rings (SSSR count). The van der Waals surface area contributed by atoms with E-state index in [0.29, 0.717) is 17.2 Å². The second-order valence-corrected chi connectivity index (χ2v) is 6.13. The van der Waals surface area contributed by atoms with Crippen molar-refractivity contribution in [1.29, 1.82) is 0 Å². The maximum Gasteiger partial charge on any atom is 0.152 e. The fourth-order valence-corrected chi connectivity index (χ4v) is 2.71. The van der Waals surface area contributed by atoms with Crippen LogP contribution in [0.15, 0.2) is 24.3 Å². The predicted molar refractivity (Wildman–Crippen MR) is 91.1 cm³/mol. The summed E-state index contributed by atoms with van der Waals surface area (Å²) in [5.74, 6) is 0.789. The second kappa shape index (κ2) is 5.79. The van der Waals surface area contributed by atoms with Gasteiger partial charge in [-0.3, -0.25) is 0 Å². The van der Waals surface area contributed by atoms with Crippen molar-refractivity contribution in [2.45, 2.75) is 39.5 Å². The minimum Gasteiger partial charge on any atom is -0.389 e. The van der Waals surface area contributed by atoms with Crippen molar-refractivity contribution in [1.82, 2.24) is 14.5 Å². The Bertz CT molecular complexity index is 926. The van der Waals surface area contributed by atoms with Gasteiger partial charge in [0.1, 0.15) is 17.9 Å². The van der Waals surface area contributed by atoms with E-state index in [1.165, 1.54) is 6.92 Å². The van der Waals surface area contributed by atoms with Gasteiger partial charge in [-0.2, -0.15) is 0 Å². The van der Waals surface area contributed by atoms with Crippen LogP contribution in [0, 0.1) is 0 Å². The lowest BCUT2D eigenvalue weighted by atomic mass is 10.1. The van der Waals surface area contributed by atoms with Crippen LogP contribution in [0.4, 0.5) is 5.82 Å². The van der Waals surface area contributed by atoms with Crippen LogP contribution in [0.25, 0.3) is 21.9 Å². The zero-order valence-corrected chi connectivity index (χ0v) is 13.5. The van der Waals surface area contributed by atoms with Crippen molar-refractivity contribution >= 4 is 27.8 Å². The molecule has 0 aliphatic rings. The van der Waals surface area contributed by atoms with E-state index in [9.17, 15) is 5.11 Å². The molecule has 0 fully saturated rings. The normalized spacial score (nSPS) is 14.3. The van der Waals surface area contributed by atoms with Crippen LogP contribution in [-0.2, 0) is 17.9 Å². The van der Waals surface area contributed by atoms with Crippen LogP contribution in [0.3, 0.4) is 0 Å². The molecule has 0 aliphatic carbocycles. The first-order valence-electron chi connectivity index (χ1n) is 8.45. The first kappa shape index (κ1) is 13.3. The van der Waals surface area contributed by atoms with E-state index >= 15 is 0 Å². The molecule has 0 radical (unpaired) electrons. The number of ether oxygens (including phenoxy) is 1. The number of nitrogen functional groups attached to an aromatic ring is 1. The Morgan fingerprint density at radius 1 is 1.35 bits per heavy atom. The van der Waals surface area contributed by atoms with Crippen molar-refractivity contribution in [2.24, 2.45) is 0 Å². The third-order valence-electron chi connectivity index (χ3n) is 3.58. The molecular formula is C17H22N4O2. The third-order valence-corrected chi connectivity index (χ3v) is 3.58. The quantitative estimate of drug-likeness (QED) is 0.755. The monoisotopic (exact) mass is 316 g/mol. The van der Waals surface area contributed by atoms with Crippen LogP contribution >= 0.6 is 0 Å². The molecule has 0 saturated heterocycles. The minimum absolute atomic E-state index is 0.0397. The van der Waals surface area contributed by atoms with E-state index in [1.54, 1.807) is 13.8 Å². The number of imidazole rings is 1. The summed E-state index contributed by atoms with van der Waals surface area (Å²) in [6.07, 6.45) is 0. The van der Waals surface area contributed by atoms with Gasteiger partial charge in [0.25, 0.3) is 0 Å². The Kier molecular flexibility index (Phi) is 3.34. The molecule has 0 atom stereocenters. The molecular weight excluding hydrogens is 292 g/mol. The molecule has 3 aromatic rings. The summed E-state index contributed by atoms with van der Waals surface area (Å²) in [4.78, 5) is 8.91. The number of nitrogens with two attached hydrogens (primary N) is 1. The standard InChI is InChI=1S/C17H22N4O2/c1-4-23-9-13-20-14-15(21(13)10-17(2,3)22)11-7-5-6-8-12(11)19-16(14)18/h5-8,22H,4,9-10H2,1-3H3,(H2,18,19)/i4D2. The number of anilines is 1. The molecule has 0 saturated carbocycles. The zero-order valence-electron chi connectivity index (χ0n) is 15.5. The number of para-hydroxylation sites is 1. The second-order valence-electron chi connectivity index (χ2n) is 6.13. The Labute approximate surface area is 137 Å². The van der Waals surface area contributed by atoms with Crippen LogP contribution in [0.1, 0.15) is 29.3 Å². The fourth-order valence-electron chi connectivity index (χ4n) is 2.71. The topological polar surface area (TPSA) is 86.2 Å². The Morgan fingerprint density at radius 2 is 2.09 bits per heavy atom. The number of benzene rings is 1. The first-order valence-corrected chi connectivity index (χ1v) is 7.45. The molecule has 0 amide bonds. The third kappa shape index (κ3) is 3.00. The number of hydrogen-bond donors (Lipinski definition) is 2. The fraction of sp³-hybridized carbons (Fsp3) is 0.412. The summed E-state index contributed by atoms with van der Waals surface area (Å²) in [6, 6.07) is 7.58. The van der Waals surface area contributed by atoms with Crippen LogP contribution < -0.4 is 5.73 Å². The smallest absolute Gasteiger partial charge is 0.152 e. The summed E-state index contributed by atoms with van der Waals surface area (Å²) in [5.41, 5.74) is 7.12. The largest absolute Gasteiger partial charge is 0.389 e. The number of aromatic nitrogens is 3. The number of fused-ring (bicyclic) bond motifs is 3.